The van der Waals surface area contributed by atoms with E-state index in [1.165, 1.54) is 5.01 Å². The molecule has 0 saturated carbocycles. The van der Waals surface area contributed by atoms with E-state index < -0.39 is 0 Å². The number of hydrazone groups is 1. The number of carbonyl (C=O) groups excluding carboxylic acids is 1. The summed E-state index contributed by atoms with van der Waals surface area (Å²) in [5.41, 5.74) is 6.36. The summed E-state index contributed by atoms with van der Waals surface area (Å²) in [6.45, 7) is 4.35. The summed E-state index contributed by atoms with van der Waals surface area (Å²) in [5.74, 6) is 0.0993. The summed E-state index contributed by atoms with van der Waals surface area (Å²) < 4.78 is 0. The molecule has 1 heterocycles. The minimum atomic E-state index is 0.0993. The van der Waals surface area contributed by atoms with Crippen LogP contribution in [0.4, 0.5) is 0 Å². The fourth-order valence-electron chi connectivity index (χ4n) is 1.17. The van der Waals surface area contributed by atoms with Crippen molar-refractivity contribution in [2.45, 2.75) is 32.7 Å². The Balaban J connectivity index is 2.75. The van der Waals surface area contributed by atoms with Gasteiger partial charge in [0.2, 0.25) is 5.91 Å². The molecule has 0 fully saturated rings. The highest BCUT2D eigenvalue weighted by Crippen LogP contribution is 2.11. The Morgan fingerprint density at radius 2 is 2.25 bits per heavy atom. The molecule has 0 radical (unpaired) electrons. The van der Waals surface area contributed by atoms with Crippen LogP contribution in [0.1, 0.15) is 26.7 Å². The van der Waals surface area contributed by atoms with Gasteiger partial charge in [0.05, 0.1) is 5.71 Å². The van der Waals surface area contributed by atoms with Crippen LogP contribution >= 0.6 is 0 Å². The van der Waals surface area contributed by atoms with E-state index >= 15 is 0 Å². The molecular formula is C8H15N3O. The Kier molecular flexibility index (Phi) is 2.81. The van der Waals surface area contributed by atoms with E-state index in [0.29, 0.717) is 13.0 Å². The Hall–Kier alpha value is -0.900. The molecule has 1 rings (SSSR count). The molecule has 0 unspecified atom stereocenters. The van der Waals surface area contributed by atoms with Crippen LogP contribution in [0.2, 0.25) is 0 Å². The summed E-state index contributed by atoms with van der Waals surface area (Å²) in [4.78, 5) is 11.3. The van der Waals surface area contributed by atoms with Gasteiger partial charge >= 0.3 is 0 Å². The summed E-state index contributed by atoms with van der Waals surface area (Å²) in [6.07, 6.45) is 1.27. The van der Waals surface area contributed by atoms with Crippen molar-refractivity contribution >= 4 is 11.6 Å². The van der Waals surface area contributed by atoms with Crippen LogP contribution in [-0.4, -0.2) is 29.2 Å². The highest BCUT2D eigenvalue weighted by atomic mass is 16.2. The number of nitrogens with zero attached hydrogens (tertiary/aromatic N) is 2. The maximum absolute atomic E-state index is 11.3. The van der Waals surface area contributed by atoms with Gasteiger partial charge in [-0.15, -0.1) is 0 Å². The largest absolute Gasteiger partial charge is 0.325 e. The maximum Gasteiger partial charge on any atom is 0.243 e. The van der Waals surface area contributed by atoms with Crippen molar-refractivity contribution < 1.29 is 4.79 Å². The van der Waals surface area contributed by atoms with Crippen molar-refractivity contribution in [3.63, 3.8) is 0 Å². The Bertz CT molecular complexity index is 210. The Morgan fingerprint density at radius 1 is 1.58 bits per heavy atom. The topological polar surface area (TPSA) is 58.7 Å². The molecule has 0 saturated heterocycles. The zero-order chi connectivity index (χ0) is 9.14. The molecule has 0 bridgehead atoms. The summed E-state index contributed by atoms with van der Waals surface area (Å²) in [6, 6.07) is 0.138. The fourth-order valence-corrected chi connectivity index (χ4v) is 1.17. The smallest absolute Gasteiger partial charge is 0.243 e. The van der Waals surface area contributed by atoms with Crippen molar-refractivity contribution in [2.24, 2.45) is 10.8 Å². The quantitative estimate of drug-likeness (QED) is 0.647. The van der Waals surface area contributed by atoms with E-state index in [-0.39, 0.29) is 11.9 Å². The van der Waals surface area contributed by atoms with Crippen LogP contribution in [-0.2, 0) is 4.79 Å². The van der Waals surface area contributed by atoms with Gasteiger partial charge < -0.3 is 5.73 Å². The molecule has 0 aromatic rings. The average molecular weight is 169 g/mol. The second kappa shape index (κ2) is 3.67. The molecule has 12 heavy (non-hydrogen) atoms. The van der Waals surface area contributed by atoms with Gasteiger partial charge in [-0.25, -0.2) is 5.01 Å². The highest BCUT2D eigenvalue weighted by Gasteiger charge is 2.21. The lowest BCUT2D eigenvalue weighted by atomic mass is 10.1. The molecule has 68 valence electrons. The van der Waals surface area contributed by atoms with Gasteiger partial charge in [0.1, 0.15) is 0 Å². The number of rotatable bonds is 2. The number of carbonyl (C=O) groups is 1. The van der Waals surface area contributed by atoms with Gasteiger partial charge in [0.25, 0.3) is 0 Å². The fraction of sp³-hybridized carbons (Fsp3) is 0.750. The van der Waals surface area contributed by atoms with Crippen LogP contribution in [0.5, 0.6) is 0 Å². The highest BCUT2D eigenvalue weighted by molar-refractivity contribution is 5.93. The van der Waals surface area contributed by atoms with E-state index in [1.807, 2.05) is 13.8 Å². The standard InChI is InChI=1S/C8H15N3O/c1-6(2)11-8(12)4-3-7(5-9)10-11/h6H,3-5,9H2,1-2H3. The Labute approximate surface area is 72.4 Å². The Morgan fingerprint density at radius 3 is 2.75 bits per heavy atom. The number of nitrogens with two attached hydrogens (primary N) is 1. The van der Waals surface area contributed by atoms with Crippen molar-refractivity contribution in [1.82, 2.24) is 5.01 Å². The van der Waals surface area contributed by atoms with Gasteiger partial charge in [-0.05, 0) is 20.3 Å². The maximum atomic E-state index is 11.3. The monoisotopic (exact) mass is 169 g/mol. The second-order valence-electron chi connectivity index (χ2n) is 3.20. The number of hydrogen-bond acceptors (Lipinski definition) is 3. The van der Waals surface area contributed by atoms with Crippen LogP contribution in [0.3, 0.4) is 0 Å². The molecule has 2 N–H and O–H groups in total. The first-order valence-corrected chi connectivity index (χ1v) is 4.23. The van der Waals surface area contributed by atoms with Crippen LogP contribution in [0.15, 0.2) is 5.10 Å². The third kappa shape index (κ3) is 1.82. The normalized spacial score (nSPS) is 18.5. The van der Waals surface area contributed by atoms with Crippen molar-refractivity contribution in [3.05, 3.63) is 0 Å². The van der Waals surface area contributed by atoms with E-state index in [0.717, 1.165) is 12.1 Å². The first-order chi connectivity index (χ1) is 5.65. The number of hydrogen-bond donors (Lipinski definition) is 1. The molecule has 4 nitrogen and oxygen atoms in total. The van der Waals surface area contributed by atoms with Crippen molar-refractivity contribution in [2.75, 3.05) is 6.54 Å². The lowest BCUT2D eigenvalue weighted by Gasteiger charge is -2.26. The molecule has 0 spiro atoms. The third-order valence-corrected chi connectivity index (χ3v) is 1.86. The first-order valence-electron chi connectivity index (χ1n) is 4.23. The second-order valence-corrected chi connectivity index (χ2v) is 3.20. The third-order valence-electron chi connectivity index (χ3n) is 1.86. The summed E-state index contributed by atoms with van der Waals surface area (Å²) in [7, 11) is 0. The minimum absolute atomic E-state index is 0.0993. The lowest BCUT2D eigenvalue weighted by Crippen LogP contribution is -2.38. The SMILES string of the molecule is CC(C)N1N=C(CN)CCC1=O. The van der Waals surface area contributed by atoms with E-state index in [2.05, 4.69) is 5.10 Å². The molecule has 1 aliphatic heterocycles. The molecule has 1 aliphatic rings. The van der Waals surface area contributed by atoms with E-state index in [4.69, 9.17) is 5.73 Å². The van der Waals surface area contributed by atoms with Gasteiger partial charge in [0.15, 0.2) is 0 Å². The predicted octanol–water partition coefficient (Wildman–Crippen LogP) is 0.332. The van der Waals surface area contributed by atoms with Crippen LogP contribution in [0, 0.1) is 0 Å². The first kappa shape index (κ1) is 9.19. The van der Waals surface area contributed by atoms with Gasteiger partial charge in [-0.2, -0.15) is 5.10 Å². The molecule has 0 aliphatic carbocycles. The zero-order valence-corrected chi connectivity index (χ0v) is 7.58. The van der Waals surface area contributed by atoms with Gasteiger partial charge in [0, 0.05) is 19.0 Å². The van der Waals surface area contributed by atoms with Gasteiger partial charge in [-0.1, -0.05) is 0 Å². The molecule has 1 amide bonds. The molecule has 0 aromatic heterocycles. The van der Waals surface area contributed by atoms with E-state index in [1.54, 1.807) is 0 Å². The molecule has 0 aromatic carbocycles. The average Bonchev–Trinajstić information content (AvgIpc) is 2.05. The van der Waals surface area contributed by atoms with Gasteiger partial charge in [-0.3, -0.25) is 4.79 Å². The van der Waals surface area contributed by atoms with Crippen LogP contribution < -0.4 is 5.73 Å². The minimum Gasteiger partial charge on any atom is -0.325 e. The summed E-state index contributed by atoms with van der Waals surface area (Å²) >= 11 is 0. The lowest BCUT2D eigenvalue weighted by molar-refractivity contribution is -0.133. The zero-order valence-electron chi connectivity index (χ0n) is 7.58. The van der Waals surface area contributed by atoms with E-state index in [9.17, 15) is 4.79 Å². The predicted molar refractivity (Wildman–Crippen MR) is 47.7 cm³/mol. The van der Waals surface area contributed by atoms with Crippen LogP contribution in [0.25, 0.3) is 0 Å². The molecular weight excluding hydrogens is 154 g/mol. The molecule has 0 atom stereocenters. The number of amides is 1. The molecule has 4 heteroatoms. The van der Waals surface area contributed by atoms with Crippen molar-refractivity contribution in [3.8, 4) is 0 Å². The van der Waals surface area contributed by atoms with Crippen molar-refractivity contribution in [1.29, 1.82) is 0 Å². The summed E-state index contributed by atoms with van der Waals surface area (Å²) in [5, 5.41) is 5.68.